The lowest BCUT2D eigenvalue weighted by atomic mass is 10.0. The van der Waals surface area contributed by atoms with Crippen LogP contribution >= 0.6 is 28.1 Å². The number of aromatic hydroxyl groups is 1. The van der Waals surface area contributed by atoms with Crippen LogP contribution in [0.5, 0.6) is 5.75 Å². The highest BCUT2D eigenvalue weighted by molar-refractivity contribution is 9.10. The van der Waals surface area contributed by atoms with Crippen molar-refractivity contribution < 1.29 is 9.52 Å². The van der Waals surface area contributed by atoms with Crippen molar-refractivity contribution in [2.24, 2.45) is 0 Å². The number of hydrogen-bond donors (Lipinski definition) is 2. The number of furan rings is 1. The number of benzene rings is 2. The second-order valence-electron chi connectivity index (χ2n) is 7.67. The van der Waals surface area contributed by atoms with Gasteiger partial charge < -0.3 is 19.7 Å². The van der Waals surface area contributed by atoms with Gasteiger partial charge in [0.05, 0.1) is 17.4 Å². The van der Waals surface area contributed by atoms with E-state index in [1.165, 1.54) is 5.56 Å². The summed E-state index contributed by atoms with van der Waals surface area (Å²) in [4.78, 5) is 6.45. The SMILES string of the molecule is Cc1ccc(-c2ccc([C@@H]3[C@@H](c4ccccn4)NC(=S)N3c3ccccc3O)o2)c(Br)c1. The number of hydrogen-bond acceptors (Lipinski definition) is 4. The van der Waals surface area contributed by atoms with Gasteiger partial charge in [-0.2, -0.15) is 0 Å². The Hall–Kier alpha value is -3.16. The van der Waals surface area contributed by atoms with E-state index in [9.17, 15) is 5.11 Å². The van der Waals surface area contributed by atoms with Crippen molar-refractivity contribution in [2.45, 2.75) is 19.0 Å². The molecule has 3 heterocycles. The molecule has 160 valence electrons. The van der Waals surface area contributed by atoms with Crippen LogP contribution in [-0.4, -0.2) is 15.2 Å². The number of phenols is 1. The van der Waals surface area contributed by atoms with Gasteiger partial charge in [-0.25, -0.2) is 0 Å². The zero-order valence-corrected chi connectivity index (χ0v) is 19.6. The molecule has 1 aliphatic heterocycles. The number of thiocarbonyl (C=S) groups is 1. The van der Waals surface area contributed by atoms with E-state index in [0.717, 1.165) is 27.3 Å². The number of halogens is 1. The van der Waals surface area contributed by atoms with Crippen LogP contribution in [0.1, 0.15) is 29.1 Å². The average Bonchev–Trinajstić information content (AvgIpc) is 3.39. The van der Waals surface area contributed by atoms with Crippen LogP contribution < -0.4 is 10.2 Å². The van der Waals surface area contributed by atoms with Crippen molar-refractivity contribution in [1.29, 1.82) is 0 Å². The summed E-state index contributed by atoms with van der Waals surface area (Å²) in [6, 6.07) is 22.5. The van der Waals surface area contributed by atoms with Gasteiger partial charge in [0.25, 0.3) is 0 Å². The van der Waals surface area contributed by atoms with Crippen LogP contribution in [0.3, 0.4) is 0 Å². The summed E-state index contributed by atoms with van der Waals surface area (Å²) in [6.07, 6.45) is 1.76. The van der Waals surface area contributed by atoms with E-state index >= 15 is 0 Å². The number of para-hydroxylation sites is 2. The van der Waals surface area contributed by atoms with Crippen molar-refractivity contribution in [3.05, 3.63) is 100 Å². The van der Waals surface area contributed by atoms with Crippen LogP contribution in [0, 0.1) is 6.92 Å². The summed E-state index contributed by atoms with van der Waals surface area (Å²) in [7, 11) is 0. The monoisotopic (exact) mass is 505 g/mol. The third kappa shape index (κ3) is 3.67. The largest absolute Gasteiger partial charge is 0.506 e. The Balaban J connectivity index is 1.62. The molecule has 2 aromatic heterocycles. The van der Waals surface area contributed by atoms with Crippen LogP contribution in [0.2, 0.25) is 0 Å². The molecular weight excluding hydrogens is 486 g/mol. The minimum Gasteiger partial charge on any atom is -0.506 e. The van der Waals surface area contributed by atoms with E-state index in [4.69, 9.17) is 16.6 Å². The molecule has 1 saturated heterocycles. The smallest absolute Gasteiger partial charge is 0.174 e. The molecule has 1 fully saturated rings. The number of anilines is 1. The molecule has 0 saturated carbocycles. The van der Waals surface area contributed by atoms with Gasteiger partial charge in [-0.05, 0) is 73.2 Å². The normalized spacial score (nSPS) is 18.1. The van der Waals surface area contributed by atoms with Gasteiger partial charge in [0, 0.05) is 16.2 Å². The van der Waals surface area contributed by atoms with E-state index in [2.05, 4.69) is 45.3 Å². The van der Waals surface area contributed by atoms with Gasteiger partial charge in [-0.1, -0.05) is 40.2 Å². The second-order valence-corrected chi connectivity index (χ2v) is 8.91. The zero-order valence-electron chi connectivity index (χ0n) is 17.2. The summed E-state index contributed by atoms with van der Waals surface area (Å²) >= 11 is 9.34. The zero-order chi connectivity index (χ0) is 22.2. The lowest BCUT2D eigenvalue weighted by Gasteiger charge is -2.26. The fraction of sp³-hybridized carbons (Fsp3) is 0.120. The van der Waals surface area contributed by atoms with E-state index in [1.54, 1.807) is 18.3 Å². The molecule has 2 atom stereocenters. The first-order valence-corrected chi connectivity index (χ1v) is 11.4. The van der Waals surface area contributed by atoms with E-state index in [0.29, 0.717) is 10.8 Å². The van der Waals surface area contributed by atoms with Crippen molar-refractivity contribution in [2.75, 3.05) is 4.90 Å². The van der Waals surface area contributed by atoms with Gasteiger partial charge >= 0.3 is 0 Å². The molecule has 2 N–H and O–H groups in total. The minimum absolute atomic E-state index is 0.149. The standard InChI is InChI=1S/C25H20BrN3O2S/c1-15-9-10-16(17(26)14-15)21-11-12-22(31-21)24-23(18-6-4-5-13-27-18)28-25(32)29(24)19-7-2-3-8-20(19)30/h2-14,23-24,30H,1H3,(H,28,32)/t23-,24-/m1/s1. The maximum absolute atomic E-state index is 10.6. The number of nitrogens with zero attached hydrogens (tertiary/aromatic N) is 2. The summed E-state index contributed by atoms with van der Waals surface area (Å²) in [5.41, 5.74) is 3.59. The summed E-state index contributed by atoms with van der Waals surface area (Å²) in [5.74, 6) is 1.62. The lowest BCUT2D eigenvalue weighted by Crippen LogP contribution is -2.29. The van der Waals surface area contributed by atoms with Crippen molar-refractivity contribution in [3.8, 4) is 17.1 Å². The third-order valence-electron chi connectivity index (χ3n) is 5.55. The number of rotatable bonds is 4. The number of aromatic nitrogens is 1. The molecule has 4 aromatic rings. The molecule has 0 radical (unpaired) electrons. The first-order chi connectivity index (χ1) is 15.5. The first kappa shape index (κ1) is 20.7. The van der Waals surface area contributed by atoms with Gasteiger partial charge in [-0.15, -0.1) is 0 Å². The minimum atomic E-state index is -0.330. The molecule has 0 unspecified atom stereocenters. The molecule has 0 aliphatic carbocycles. The predicted octanol–water partition coefficient (Wildman–Crippen LogP) is 6.30. The molecule has 0 spiro atoms. The second kappa shape index (κ2) is 8.41. The topological polar surface area (TPSA) is 61.5 Å². The Morgan fingerprint density at radius 3 is 2.62 bits per heavy atom. The van der Waals surface area contributed by atoms with Crippen molar-refractivity contribution in [3.63, 3.8) is 0 Å². The van der Waals surface area contributed by atoms with E-state index in [-0.39, 0.29) is 17.8 Å². The number of pyridine rings is 1. The molecule has 5 rings (SSSR count). The molecule has 32 heavy (non-hydrogen) atoms. The quantitative estimate of drug-likeness (QED) is 0.317. The predicted molar refractivity (Wildman–Crippen MR) is 133 cm³/mol. The maximum atomic E-state index is 10.6. The molecule has 0 amide bonds. The maximum Gasteiger partial charge on any atom is 0.174 e. The van der Waals surface area contributed by atoms with E-state index in [1.807, 2.05) is 53.4 Å². The van der Waals surface area contributed by atoms with Crippen LogP contribution in [0.25, 0.3) is 11.3 Å². The Morgan fingerprint density at radius 2 is 1.88 bits per heavy atom. The van der Waals surface area contributed by atoms with Gasteiger partial charge in [0.15, 0.2) is 5.11 Å². The molecule has 7 heteroatoms. The molecular formula is C25H20BrN3O2S. The lowest BCUT2D eigenvalue weighted by molar-refractivity contribution is 0.434. The Labute approximate surface area is 199 Å². The Morgan fingerprint density at radius 1 is 1.06 bits per heavy atom. The fourth-order valence-electron chi connectivity index (χ4n) is 4.05. The van der Waals surface area contributed by atoms with Gasteiger partial charge in [0.2, 0.25) is 0 Å². The molecule has 0 bridgehead atoms. The highest BCUT2D eigenvalue weighted by Crippen LogP contribution is 2.45. The summed E-state index contributed by atoms with van der Waals surface area (Å²) in [6.45, 7) is 2.05. The molecule has 2 aromatic carbocycles. The fourth-order valence-corrected chi connectivity index (χ4v) is 5.08. The third-order valence-corrected chi connectivity index (χ3v) is 6.52. The van der Waals surface area contributed by atoms with Crippen LogP contribution in [0.15, 0.2) is 87.9 Å². The summed E-state index contributed by atoms with van der Waals surface area (Å²) < 4.78 is 7.36. The van der Waals surface area contributed by atoms with Gasteiger partial charge in [0.1, 0.15) is 23.3 Å². The Kier molecular flexibility index (Phi) is 5.45. The Bertz CT molecular complexity index is 1290. The average molecular weight is 506 g/mol. The molecule has 1 aliphatic rings. The van der Waals surface area contributed by atoms with Crippen molar-refractivity contribution in [1.82, 2.24) is 10.3 Å². The van der Waals surface area contributed by atoms with Crippen LogP contribution in [-0.2, 0) is 0 Å². The van der Waals surface area contributed by atoms with E-state index < -0.39 is 0 Å². The highest BCUT2D eigenvalue weighted by atomic mass is 79.9. The highest BCUT2D eigenvalue weighted by Gasteiger charge is 2.43. The molecule has 5 nitrogen and oxygen atoms in total. The number of aryl methyl sites for hydroxylation is 1. The number of phenolic OH excluding ortho intramolecular Hbond substituents is 1. The first-order valence-electron chi connectivity index (χ1n) is 10.2. The number of nitrogens with one attached hydrogen (secondary N) is 1. The van der Waals surface area contributed by atoms with Gasteiger partial charge in [-0.3, -0.25) is 4.98 Å². The summed E-state index contributed by atoms with van der Waals surface area (Å²) in [5, 5.41) is 14.5. The van der Waals surface area contributed by atoms with Crippen molar-refractivity contribution >= 4 is 38.9 Å². The van der Waals surface area contributed by atoms with Crippen LogP contribution in [0.4, 0.5) is 5.69 Å².